The first-order chi connectivity index (χ1) is 16.6. The highest BCUT2D eigenvalue weighted by molar-refractivity contribution is 6.04. The van der Waals surface area contributed by atoms with Crippen molar-refractivity contribution in [1.29, 1.82) is 0 Å². The molecule has 1 aliphatic carbocycles. The Morgan fingerprint density at radius 3 is 2.46 bits per heavy atom. The van der Waals surface area contributed by atoms with E-state index in [1.807, 2.05) is 27.8 Å². The number of hydrogen-bond acceptors (Lipinski definition) is 7. The first-order valence-electron chi connectivity index (χ1n) is 13.3. The van der Waals surface area contributed by atoms with Crippen LogP contribution < -0.4 is 15.1 Å². The van der Waals surface area contributed by atoms with Gasteiger partial charge in [0.2, 0.25) is 11.9 Å². The molecule has 1 saturated heterocycles. The Morgan fingerprint density at radius 2 is 1.86 bits per heavy atom. The summed E-state index contributed by atoms with van der Waals surface area (Å²) >= 11 is 0. The Bertz CT molecular complexity index is 918. The van der Waals surface area contributed by atoms with Crippen LogP contribution in [0.4, 0.5) is 22.2 Å². The van der Waals surface area contributed by atoms with Gasteiger partial charge in [0, 0.05) is 32.2 Å². The topological polar surface area (TPSA) is 90.9 Å². The third kappa shape index (κ3) is 5.48. The van der Waals surface area contributed by atoms with Crippen LogP contribution in [0.25, 0.3) is 0 Å². The lowest BCUT2D eigenvalue weighted by atomic mass is 9.90. The van der Waals surface area contributed by atoms with Crippen molar-refractivity contribution >= 4 is 29.5 Å². The zero-order valence-electron chi connectivity index (χ0n) is 22.2. The molecule has 0 spiro atoms. The highest BCUT2D eigenvalue weighted by atomic mass is 16.6. The second-order valence-corrected chi connectivity index (χ2v) is 11.3. The summed E-state index contributed by atoms with van der Waals surface area (Å²) in [5, 5.41) is 3.53. The van der Waals surface area contributed by atoms with Crippen LogP contribution in [0.1, 0.15) is 79.6 Å². The third-order valence-electron chi connectivity index (χ3n) is 7.67. The minimum atomic E-state index is -0.478. The van der Waals surface area contributed by atoms with Crippen LogP contribution in [0.5, 0.6) is 0 Å². The number of amides is 2. The molecule has 2 fully saturated rings. The van der Waals surface area contributed by atoms with Crippen LogP contribution in [-0.4, -0.2) is 70.7 Å². The summed E-state index contributed by atoms with van der Waals surface area (Å²) in [5.74, 6) is 2.01. The van der Waals surface area contributed by atoms with Crippen molar-refractivity contribution in [3.63, 3.8) is 0 Å². The fourth-order valence-corrected chi connectivity index (χ4v) is 5.68. The van der Waals surface area contributed by atoms with E-state index in [2.05, 4.69) is 29.0 Å². The smallest absolute Gasteiger partial charge is 0.410 e. The van der Waals surface area contributed by atoms with Gasteiger partial charge in [-0.2, -0.15) is 4.98 Å². The summed E-state index contributed by atoms with van der Waals surface area (Å²) in [6, 6.07) is 0.348. The summed E-state index contributed by atoms with van der Waals surface area (Å²) in [7, 11) is 1.83. The van der Waals surface area contributed by atoms with E-state index in [0.717, 1.165) is 43.6 Å². The molecule has 0 radical (unpaired) electrons. The Kier molecular flexibility index (Phi) is 7.43. The standard InChI is InChI=1S/C26H42N6O3/c1-7-20-23(33)30(6)21-16-27-24(29-22(21)32(20)19-10-8-9-11-19)28-17(2)18-12-14-31(15-13-18)25(34)35-26(3,4)5/h16-20H,7-15H2,1-6H3,(H,27,28,29). The van der Waals surface area contributed by atoms with Crippen molar-refractivity contribution in [2.75, 3.05) is 35.3 Å². The number of aromatic nitrogens is 2. The number of carbonyl (C=O) groups excluding carboxylic acids is 2. The summed E-state index contributed by atoms with van der Waals surface area (Å²) in [6.07, 6.45) is 8.73. The molecule has 1 aromatic rings. The number of anilines is 3. The van der Waals surface area contributed by atoms with Crippen molar-refractivity contribution in [3.05, 3.63) is 6.20 Å². The lowest BCUT2D eigenvalue weighted by Crippen LogP contribution is -2.55. The summed E-state index contributed by atoms with van der Waals surface area (Å²) in [5.41, 5.74) is 0.310. The predicted molar refractivity (Wildman–Crippen MR) is 138 cm³/mol. The number of nitrogens with one attached hydrogen (secondary N) is 1. The first-order valence-corrected chi connectivity index (χ1v) is 13.3. The van der Waals surface area contributed by atoms with E-state index in [4.69, 9.17) is 9.72 Å². The quantitative estimate of drug-likeness (QED) is 0.658. The van der Waals surface area contributed by atoms with E-state index in [1.165, 1.54) is 12.8 Å². The largest absolute Gasteiger partial charge is 0.444 e. The molecule has 2 amide bonds. The number of likely N-dealkylation sites (N-methyl/N-ethyl adjacent to an activating group) is 1. The number of rotatable bonds is 5. The lowest BCUT2D eigenvalue weighted by molar-refractivity contribution is -0.120. The Hall–Kier alpha value is -2.58. The molecule has 4 rings (SSSR count). The maximum Gasteiger partial charge on any atom is 0.410 e. The normalized spacial score (nSPS) is 22.9. The fraction of sp³-hybridized carbons (Fsp3) is 0.769. The van der Waals surface area contributed by atoms with Gasteiger partial charge in [-0.15, -0.1) is 0 Å². The van der Waals surface area contributed by atoms with Crippen molar-refractivity contribution in [2.24, 2.45) is 5.92 Å². The van der Waals surface area contributed by atoms with Gasteiger partial charge >= 0.3 is 6.09 Å². The number of fused-ring (bicyclic) bond motifs is 1. The Morgan fingerprint density at radius 1 is 1.20 bits per heavy atom. The maximum absolute atomic E-state index is 13.1. The predicted octanol–water partition coefficient (Wildman–Crippen LogP) is 4.43. The maximum atomic E-state index is 13.1. The number of hydrogen-bond donors (Lipinski definition) is 1. The van der Waals surface area contributed by atoms with Crippen LogP contribution in [0, 0.1) is 5.92 Å². The second-order valence-electron chi connectivity index (χ2n) is 11.3. The van der Waals surface area contributed by atoms with E-state index in [1.54, 1.807) is 16.0 Å². The molecule has 2 atom stereocenters. The van der Waals surface area contributed by atoms with Gasteiger partial charge in [-0.1, -0.05) is 19.8 Å². The third-order valence-corrected chi connectivity index (χ3v) is 7.67. The van der Waals surface area contributed by atoms with E-state index >= 15 is 0 Å². The molecule has 35 heavy (non-hydrogen) atoms. The highest BCUT2D eigenvalue weighted by Crippen LogP contribution is 2.40. The molecule has 1 saturated carbocycles. The van der Waals surface area contributed by atoms with Crippen LogP contribution in [0.3, 0.4) is 0 Å². The van der Waals surface area contributed by atoms with Gasteiger partial charge in [-0.25, -0.2) is 9.78 Å². The highest BCUT2D eigenvalue weighted by Gasteiger charge is 2.41. The Labute approximate surface area is 209 Å². The van der Waals surface area contributed by atoms with Crippen molar-refractivity contribution in [3.8, 4) is 0 Å². The SMILES string of the molecule is CCC1C(=O)N(C)c2cnc(NC(C)C3CCN(C(=O)OC(C)(C)C)CC3)nc2N1C1CCCC1. The lowest BCUT2D eigenvalue weighted by Gasteiger charge is -2.43. The van der Waals surface area contributed by atoms with Crippen LogP contribution >= 0.6 is 0 Å². The summed E-state index contributed by atoms with van der Waals surface area (Å²) in [4.78, 5) is 40.8. The van der Waals surface area contributed by atoms with Crippen molar-refractivity contribution in [1.82, 2.24) is 14.9 Å². The molecule has 2 unspecified atom stereocenters. The minimum Gasteiger partial charge on any atom is -0.444 e. The number of ether oxygens (including phenoxy) is 1. The zero-order chi connectivity index (χ0) is 25.3. The minimum absolute atomic E-state index is 0.126. The monoisotopic (exact) mass is 486 g/mol. The molecule has 1 N–H and O–H groups in total. The van der Waals surface area contributed by atoms with Crippen molar-refractivity contribution in [2.45, 2.75) is 103 Å². The summed E-state index contributed by atoms with van der Waals surface area (Å²) < 4.78 is 5.53. The molecule has 1 aromatic heterocycles. The molecular formula is C26H42N6O3. The molecule has 3 heterocycles. The van der Waals surface area contributed by atoms with Crippen LogP contribution in [-0.2, 0) is 9.53 Å². The van der Waals surface area contributed by atoms with E-state index < -0.39 is 5.60 Å². The van der Waals surface area contributed by atoms with Gasteiger partial charge in [0.15, 0.2) is 5.82 Å². The van der Waals surface area contributed by atoms with Gasteiger partial charge in [-0.05, 0) is 65.7 Å². The van der Waals surface area contributed by atoms with E-state index in [-0.39, 0.29) is 24.1 Å². The molecule has 0 aromatic carbocycles. The fourth-order valence-electron chi connectivity index (χ4n) is 5.68. The number of piperidine rings is 1. The van der Waals surface area contributed by atoms with Gasteiger partial charge in [0.1, 0.15) is 17.3 Å². The first kappa shape index (κ1) is 25.5. The second kappa shape index (κ2) is 10.2. The number of likely N-dealkylation sites (tertiary alicyclic amines) is 1. The van der Waals surface area contributed by atoms with Crippen LogP contribution in [0.15, 0.2) is 6.20 Å². The van der Waals surface area contributed by atoms with Gasteiger partial charge in [0.05, 0.1) is 6.20 Å². The number of carbonyl (C=O) groups is 2. The zero-order valence-corrected chi connectivity index (χ0v) is 22.2. The van der Waals surface area contributed by atoms with Crippen LogP contribution in [0.2, 0.25) is 0 Å². The van der Waals surface area contributed by atoms with Crippen molar-refractivity contribution < 1.29 is 14.3 Å². The number of nitrogens with zero attached hydrogens (tertiary/aromatic N) is 5. The molecule has 2 aliphatic heterocycles. The molecule has 3 aliphatic rings. The van der Waals surface area contributed by atoms with Gasteiger partial charge in [0.25, 0.3) is 0 Å². The molecular weight excluding hydrogens is 444 g/mol. The molecule has 9 heteroatoms. The molecule has 0 bridgehead atoms. The van der Waals surface area contributed by atoms with Gasteiger partial charge in [-0.3, -0.25) is 4.79 Å². The molecule has 9 nitrogen and oxygen atoms in total. The average molecular weight is 487 g/mol. The summed E-state index contributed by atoms with van der Waals surface area (Å²) in [6.45, 7) is 11.3. The van der Waals surface area contributed by atoms with E-state index in [0.29, 0.717) is 31.0 Å². The average Bonchev–Trinajstić information content (AvgIpc) is 3.34. The van der Waals surface area contributed by atoms with Gasteiger partial charge < -0.3 is 24.8 Å². The Balaban J connectivity index is 1.45. The van der Waals surface area contributed by atoms with E-state index in [9.17, 15) is 9.59 Å². The molecule has 194 valence electrons.